The van der Waals surface area contributed by atoms with E-state index >= 15 is 0 Å². The minimum absolute atomic E-state index is 0.0917. The maximum atomic E-state index is 12.5. The molecule has 6 heteroatoms. The van der Waals surface area contributed by atoms with E-state index in [1.807, 2.05) is 0 Å². The lowest BCUT2D eigenvalue weighted by atomic mass is 9.42. The lowest BCUT2D eigenvalue weighted by Gasteiger charge is -2.63. The fourth-order valence-electron chi connectivity index (χ4n) is 11.7. The molecule has 0 radical (unpaired) electrons. The van der Waals surface area contributed by atoms with Crippen LogP contribution < -0.4 is 0 Å². The number of fused-ring (bicyclic) bond motifs is 4. The molecule has 1 saturated heterocycles. The predicted octanol–water partition coefficient (Wildman–Crippen LogP) is 4.58. The van der Waals surface area contributed by atoms with E-state index in [2.05, 4.69) is 48.5 Å². The van der Waals surface area contributed by atoms with Crippen LogP contribution in [0.25, 0.3) is 0 Å². The van der Waals surface area contributed by atoms with Crippen molar-refractivity contribution in [3.05, 3.63) is 0 Å². The average Bonchev–Trinajstić information content (AvgIpc) is 3.71. The van der Waals surface area contributed by atoms with E-state index in [-0.39, 0.29) is 35.2 Å². The van der Waals surface area contributed by atoms with Gasteiger partial charge in [-0.2, -0.15) is 0 Å². The Morgan fingerprint density at radius 2 is 1.66 bits per heavy atom. The molecule has 38 heavy (non-hydrogen) atoms. The summed E-state index contributed by atoms with van der Waals surface area (Å²) in [4.78, 5) is 12.5. The van der Waals surface area contributed by atoms with Crippen molar-refractivity contribution in [2.24, 2.45) is 63.6 Å². The largest absolute Gasteiger partial charge is 0.459 e. The normalized spacial score (nSPS) is 58.2. The summed E-state index contributed by atoms with van der Waals surface area (Å²) in [5, 5.41) is 34.8. The number of hydrogen-bond donors (Lipinski definition) is 3. The molecule has 6 nitrogen and oxygen atoms in total. The van der Waals surface area contributed by atoms with Gasteiger partial charge in [-0.05, 0) is 78.9 Å². The number of rotatable bonds is 5. The van der Waals surface area contributed by atoms with Crippen molar-refractivity contribution in [2.75, 3.05) is 0 Å². The van der Waals surface area contributed by atoms with Gasteiger partial charge in [0.05, 0.1) is 18.3 Å². The molecular formula is C32H52O6. The second-order valence-corrected chi connectivity index (χ2v) is 15.7. The number of carbonyl (C=O) groups is 1. The van der Waals surface area contributed by atoms with Gasteiger partial charge in [-0.25, -0.2) is 0 Å². The molecule has 5 aliphatic carbocycles. The van der Waals surface area contributed by atoms with Crippen LogP contribution in [0.15, 0.2) is 0 Å². The van der Waals surface area contributed by atoms with Gasteiger partial charge in [0.2, 0.25) is 0 Å². The summed E-state index contributed by atoms with van der Waals surface area (Å²) in [7, 11) is 0. The van der Waals surface area contributed by atoms with Crippen molar-refractivity contribution >= 4 is 5.97 Å². The molecule has 0 bridgehead atoms. The van der Waals surface area contributed by atoms with Crippen LogP contribution in [0.5, 0.6) is 0 Å². The lowest BCUT2D eigenvalue weighted by molar-refractivity contribution is -0.250. The summed E-state index contributed by atoms with van der Waals surface area (Å²) < 4.78 is 12.5. The Kier molecular flexibility index (Phi) is 6.09. The van der Waals surface area contributed by atoms with E-state index in [1.54, 1.807) is 0 Å². The Labute approximate surface area is 229 Å². The zero-order valence-corrected chi connectivity index (χ0v) is 24.8. The highest BCUT2D eigenvalue weighted by molar-refractivity contribution is 5.66. The topological polar surface area (TPSA) is 99.5 Å². The van der Waals surface area contributed by atoms with E-state index < -0.39 is 35.4 Å². The minimum atomic E-state index is -0.789. The number of esters is 1. The van der Waals surface area contributed by atoms with E-state index in [0.717, 1.165) is 19.3 Å². The molecule has 6 fully saturated rings. The number of hydrogen-bond acceptors (Lipinski definition) is 6. The molecule has 6 aliphatic rings. The van der Waals surface area contributed by atoms with Crippen LogP contribution in [0.1, 0.15) is 93.9 Å². The molecule has 1 aliphatic heterocycles. The molecule has 3 N–H and O–H groups in total. The van der Waals surface area contributed by atoms with Crippen LogP contribution in [0.4, 0.5) is 0 Å². The van der Waals surface area contributed by atoms with Gasteiger partial charge in [0.25, 0.3) is 0 Å². The SMILES string of the molecule is CC(=O)O[C@H]1[C@H]2[C@@H]([C@H](O)[C@H]3O[C@]34C[C@@H](O)CC[C@]24C)[C@@H]2CC[C@H]([C@H](C)[C@H]3C[C@]3(C)[C@H](C)C(C)C)[C@@]2(C)[C@@H]1O. The smallest absolute Gasteiger partial charge is 0.303 e. The first-order valence-corrected chi connectivity index (χ1v) is 15.5. The highest BCUT2D eigenvalue weighted by Crippen LogP contribution is 2.75. The molecule has 0 unspecified atom stereocenters. The Bertz CT molecular complexity index is 983. The summed E-state index contributed by atoms with van der Waals surface area (Å²) in [6, 6.07) is 0. The summed E-state index contributed by atoms with van der Waals surface area (Å²) in [6.07, 6.45) is 2.33. The monoisotopic (exact) mass is 532 g/mol. The zero-order chi connectivity index (χ0) is 27.7. The molecule has 0 aromatic heterocycles. The van der Waals surface area contributed by atoms with Gasteiger partial charge in [0.1, 0.15) is 17.8 Å². The zero-order valence-electron chi connectivity index (χ0n) is 24.8. The fourth-order valence-corrected chi connectivity index (χ4v) is 11.7. The average molecular weight is 533 g/mol. The molecule has 0 aromatic rings. The minimum Gasteiger partial charge on any atom is -0.459 e. The van der Waals surface area contributed by atoms with Crippen molar-refractivity contribution in [1.82, 2.24) is 0 Å². The quantitative estimate of drug-likeness (QED) is 0.354. The summed E-state index contributed by atoms with van der Waals surface area (Å²) in [6.45, 7) is 17.8. The second kappa shape index (κ2) is 8.42. The number of ether oxygens (including phenoxy) is 2. The van der Waals surface area contributed by atoms with Crippen LogP contribution >= 0.6 is 0 Å². The fraction of sp³-hybridized carbons (Fsp3) is 0.969. The summed E-state index contributed by atoms with van der Waals surface area (Å²) in [5.74, 6) is 2.18. The van der Waals surface area contributed by atoms with E-state index in [1.165, 1.54) is 13.3 Å². The van der Waals surface area contributed by atoms with Crippen molar-refractivity contribution in [3.8, 4) is 0 Å². The van der Waals surface area contributed by atoms with Crippen LogP contribution in [0.2, 0.25) is 0 Å². The Morgan fingerprint density at radius 3 is 2.29 bits per heavy atom. The summed E-state index contributed by atoms with van der Waals surface area (Å²) in [5.41, 5.74) is -1.06. The molecule has 1 spiro atoms. The van der Waals surface area contributed by atoms with E-state index in [0.29, 0.717) is 47.8 Å². The van der Waals surface area contributed by atoms with Gasteiger partial charge >= 0.3 is 5.97 Å². The first-order chi connectivity index (χ1) is 17.6. The lowest BCUT2D eigenvalue weighted by Crippen LogP contribution is -2.71. The molecule has 0 aromatic carbocycles. The molecular weight excluding hydrogens is 480 g/mol. The number of epoxide rings is 1. The number of aliphatic hydroxyl groups is 3. The van der Waals surface area contributed by atoms with Crippen LogP contribution in [0.3, 0.4) is 0 Å². The molecule has 1 heterocycles. The highest BCUT2D eigenvalue weighted by atomic mass is 16.6. The predicted molar refractivity (Wildman–Crippen MR) is 144 cm³/mol. The van der Waals surface area contributed by atoms with Gasteiger partial charge in [-0.3, -0.25) is 4.79 Å². The van der Waals surface area contributed by atoms with E-state index in [9.17, 15) is 20.1 Å². The molecule has 6 rings (SSSR count). The van der Waals surface area contributed by atoms with Crippen LogP contribution in [-0.4, -0.2) is 57.4 Å². The maximum absolute atomic E-state index is 12.5. The standard InChI is InChI=1S/C32H52O6/c1-15(2)17(4)29(6)14-22(29)16(3)20-9-10-21-23-24(26(37-18(5)33)27(36)31(20,21)8)30(7)12-11-19(34)13-32(30)28(38-32)25(23)35/h15-17,19-28,34-36H,9-14H2,1-8H3/t16-,17+,19-,20+,21-,22+,23-,24+,25-,26-,27+,28+,29+,30+,31+,32+/m0/s1. The number of carbonyl (C=O) groups excluding carboxylic acids is 1. The van der Waals surface area contributed by atoms with Gasteiger partial charge in [-0.15, -0.1) is 0 Å². The molecule has 16 atom stereocenters. The Hall–Kier alpha value is -0.690. The summed E-state index contributed by atoms with van der Waals surface area (Å²) >= 11 is 0. The highest BCUT2D eigenvalue weighted by Gasteiger charge is 2.82. The van der Waals surface area contributed by atoms with E-state index in [4.69, 9.17) is 9.47 Å². The first-order valence-electron chi connectivity index (χ1n) is 15.5. The van der Waals surface area contributed by atoms with Gasteiger partial charge < -0.3 is 24.8 Å². The Morgan fingerprint density at radius 1 is 0.974 bits per heavy atom. The van der Waals surface area contributed by atoms with Crippen molar-refractivity contribution in [2.45, 2.75) is 130 Å². The van der Waals surface area contributed by atoms with Gasteiger partial charge in [0, 0.05) is 30.1 Å². The Balaban J connectivity index is 1.38. The third-order valence-electron chi connectivity index (χ3n) is 14.2. The molecule has 216 valence electrons. The first kappa shape index (κ1) is 27.5. The van der Waals surface area contributed by atoms with Crippen molar-refractivity contribution in [1.29, 1.82) is 0 Å². The van der Waals surface area contributed by atoms with Crippen LogP contribution in [-0.2, 0) is 14.3 Å². The third-order valence-corrected chi connectivity index (χ3v) is 14.2. The van der Waals surface area contributed by atoms with Gasteiger partial charge in [-0.1, -0.05) is 48.5 Å². The second-order valence-electron chi connectivity index (χ2n) is 15.7. The molecule has 5 saturated carbocycles. The van der Waals surface area contributed by atoms with Gasteiger partial charge in [0.15, 0.2) is 0 Å². The maximum Gasteiger partial charge on any atom is 0.303 e. The van der Waals surface area contributed by atoms with Crippen molar-refractivity contribution < 1.29 is 29.6 Å². The van der Waals surface area contributed by atoms with Crippen LogP contribution in [0, 0.1) is 63.6 Å². The van der Waals surface area contributed by atoms with Crippen molar-refractivity contribution in [3.63, 3.8) is 0 Å². The number of aliphatic hydroxyl groups excluding tert-OH is 3. The molecule has 0 amide bonds. The third kappa shape index (κ3) is 3.30.